The van der Waals surface area contributed by atoms with Gasteiger partial charge in [-0.15, -0.1) is 6.58 Å². The van der Waals surface area contributed by atoms with Gasteiger partial charge in [0.2, 0.25) is 0 Å². The number of aromatic nitrogens is 2. The minimum Gasteiger partial charge on any atom is -0.346 e. The smallest absolute Gasteiger partial charge is 0.254 e. The molecule has 0 radical (unpaired) electrons. The van der Waals surface area contributed by atoms with Gasteiger partial charge in [-0.25, -0.2) is 0 Å². The van der Waals surface area contributed by atoms with E-state index in [2.05, 4.69) is 22.1 Å². The summed E-state index contributed by atoms with van der Waals surface area (Å²) in [5.41, 5.74) is 0.531. The number of H-pyrrole nitrogens is 1. The molecule has 0 fully saturated rings. The lowest BCUT2D eigenvalue weighted by Crippen LogP contribution is -2.30. The Hall–Kier alpha value is -1.58. The highest BCUT2D eigenvalue weighted by Gasteiger charge is 2.07. The summed E-state index contributed by atoms with van der Waals surface area (Å²) in [6.07, 6.45) is 4.69. The number of aromatic amines is 1. The van der Waals surface area contributed by atoms with Gasteiger partial charge in [-0.05, 0) is 6.92 Å². The number of hydrogen-bond donors (Lipinski definition) is 2. The largest absolute Gasteiger partial charge is 0.346 e. The number of rotatable bonds is 3. The Balaban J connectivity index is 2.55. The molecule has 1 amide bonds. The second kappa shape index (κ2) is 3.71. The fourth-order valence-corrected chi connectivity index (χ4v) is 0.724. The average molecular weight is 165 g/mol. The molecule has 1 aromatic rings. The number of nitrogens with one attached hydrogen (secondary N) is 2. The number of carbonyl (C=O) groups is 1. The molecule has 0 bridgehead atoms. The second-order valence-corrected chi connectivity index (χ2v) is 2.48. The maximum absolute atomic E-state index is 11.3. The molecule has 64 valence electrons. The molecule has 0 saturated carbocycles. The highest BCUT2D eigenvalue weighted by molar-refractivity contribution is 5.93. The molecule has 0 aromatic carbocycles. The van der Waals surface area contributed by atoms with Gasteiger partial charge < -0.3 is 5.32 Å². The van der Waals surface area contributed by atoms with E-state index < -0.39 is 0 Å². The fourth-order valence-electron chi connectivity index (χ4n) is 0.724. The predicted octanol–water partition coefficient (Wildman–Crippen LogP) is 0.714. The van der Waals surface area contributed by atoms with Crippen LogP contribution in [0, 0.1) is 0 Å². The molecule has 0 spiro atoms. The van der Waals surface area contributed by atoms with E-state index in [9.17, 15) is 4.79 Å². The first kappa shape index (κ1) is 8.52. The van der Waals surface area contributed by atoms with Gasteiger partial charge >= 0.3 is 0 Å². The van der Waals surface area contributed by atoms with Gasteiger partial charge in [0.25, 0.3) is 5.91 Å². The Morgan fingerprint density at radius 2 is 2.67 bits per heavy atom. The zero-order valence-corrected chi connectivity index (χ0v) is 6.87. The molecular formula is C8H11N3O. The Morgan fingerprint density at radius 3 is 3.17 bits per heavy atom. The molecular weight excluding hydrogens is 154 g/mol. The van der Waals surface area contributed by atoms with E-state index in [1.54, 1.807) is 12.3 Å². The number of carbonyl (C=O) groups excluding carboxylic acids is 1. The zero-order chi connectivity index (χ0) is 8.97. The fraction of sp³-hybridized carbons (Fsp3) is 0.250. The van der Waals surface area contributed by atoms with Gasteiger partial charge in [-0.1, -0.05) is 6.08 Å². The molecule has 0 aliphatic carbocycles. The highest BCUT2D eigenvalue weighted by Crippen LogP contribution is 1.94. The molecule has 12 heavy (non-hydrogen) atoms. The molecule has 0 saturated heterocycles. The van der Waals surface area contributed by atoms with Gasteiger partial charge in [0.05, 0.1) is 11.8 Å². The lowest BCUT2D eigenvalue weighted by atomic mass is 10.3. The summed E-state index contributed by atoms with van der Waals surface area (Å²) < 4.78 is 0. The first-order valence-corrected chi connectivity index (χ1v) is 3.66. The van der Waals surface area contributed by atoms with E-state index in [0.717, 1.165) is 0 Å². The maximum Gasteiger partial charge on any atom is 0.254 e. The molecule has 4 heteroatoms. The van der Waals surface area contributed by atoms with Gasteiger partial charge in [0, 0.05) is 12.2 Å². The lowest BCUT2D eigenvalue weighted by molar-refractivity contribution is 0.0947. The summed E-state index contributed by atoms with van der Waals surface area (Å²) in [6.45, 7) is 5.41. The van der Waals surface area contributed by atoms with E-state index in [1.165, 1.54) is 6.20 Å². The van der Waals surface area contributed by atoms with Crippen molar-refractivity contribution in [1.29, 1.82) is 0 Å². The monoisotopic (exact) mass is 165 g/mol. The van der Waals surface area contributed by atoms with Crippen molar-refractivity contribution in [3.63, 3.8) is 0 Å². The van der Waals surface area contributed by atoms with E-state index in [-0.39, 0.29) is 11.9 Å². The molecule has 1 rings (SSSR count). The molecule has 1 aromatic heterocycles. The van der Waals surface area contributed by atoms with Crippen LogP contribution in [0.2, 0.25) is 0 Å². The van der Waals surface area contributed by atoms with Crippen LogP contribution in [-0.2, 0) is 0 Å². The van der Waals surface area contributed by atoms with Gasteiger partial charge in [-0.2, -0.15) is 5.10 Å². The van der Waals surface area contributed by atoms with Crippen molar-refractivity contribution < 1.29 is 4.79 Å². The SMILES string of the molecule is C=CC(C)NC(=O)c1cn[nH]c1. The molecule has 0 aliphatic rings. The molecule has 1 heterocycles. The van der Waals surface area contributed by atoms with Crippen molar-refractivity contribution in [2.45, 2.75) is 13.0 Å². The van der Waals surface area contributed by atoms with Crippen LogP contribution in [0.5, 0.6) is 0 Å². The Morgan fingerprint density at radius 1 is 1.92 bits per heavy atom. The summed E-state index contributed by atoms with van der Waals surface area (Å²) in [4.78, 5) is 11.3. The van der Waals surface area contributed by atoms with Crippen molar-refractivity contribution >= 4 is 5.91 Å². The third-order valence-corrected chi connectivity index (χ3v) is 1.47. The first-order valence-electron chi connectivity index (χ1n) is 3.66. The van der Waals surface area contributed by atoms with Crippen LogP contribution in [0.1, 0.15) is 17.3 Å². The average Bonchev–Trinajstić information content (AvgIpc) is 2.56. The van der Waals surface area contributed by atoms with Crippen LogP contribution in [0.25, 0.3) is 0 Å². The first-order chi connectivity index (χ1) is 5.74. The van der Waals surface area contributed by atoms with Crippen molar-refractivity contribution in [3.8, 4) is 0 Å². The molecule has 1 atom stereocenters. The Labute approximate surface area is 70.7 Å². The van der Waals surface area contributed by atoms with E-state index in [0.29, 0.717) is 5.56 Å². The van der Waals surface area contributed by atoms with Crippen LogP contribution in [-0.4, -0.2) is 22.1 Å². The topological polar surface area (TPSA) is 57.8 Å². The molecule has 4 nitrogen and oxygen atoms in total. The van der Waals surface area contributed by atoms with Gasteiger partial charge in [0.15, 0.2) is 0 Å². The van der Waals surface area contributed by atoms with E-state index in [1.807, 2.05) is 6.92 Å². The summed E-state index contributed by atoms with van der Waals surface area (Å²) in [7, 11) is 0. The van der Waals surface area contributed by atoms with Crippen LogP contribution < -0.4 is 5.32 Å². The van der Waals surface area contributed by atoms with Crippen molar-refractivity contribution in [2.24, 2.45) is 0 Å². The minimum atomic E-state index is -0.142. The van der Waals surface area contributed by atoms with Crippen molar-refractivity contribution in [3.05, 3.63) is 30.6 Å². The molecule has 0 aliphatic heterocycles. The normalized spacial score (nSPS) is 12.1. The quantitative estimate of drug-likeness (QED) is 0.648. The zero-order valence-electron chi connectivity index (χ0n) is 6.87. The third kappa shape index (κ3) is 1.95. The summed E-state index contributed by atoms with van der Waals surface area (Å²) in [6, 6.07) is -0.0209. The number of amides is 1. The Kier molecular flexibility index (Phi) is 2.63. The van der Waals surface area contributed by atoms with Crippen LogP contribution in [0.15, 0.2) is 25.0 Å². The van der Waals surface area contributed by atoms with Crippen LogP contribution in [0.4, 0.5) is 0 Å². The van der Waals surface area contributed by atoms with E-state index in [4.69, 9.17) is 0 Å². The third-order valence-electron chi connectivity index (χ3n) is 1.47. The molecule has 2 N–H and O–H groups in total. The van der Waals surface area contributed by atoms with E-state index >= 15 is 0 Å². The summed E-state index contributed by atoms with van der Waals surface area (Å²) in [5, 5.41) is 8.94. The van der Waals surface area contributed by atoms with Gasteiger partial charge in [0.1, 0.15) is 0 Å². The highest BCUT2D eigenvalue weighted by atomic mass is 16.1. The van der Waals surface area contributed by atoms with Crippen LogP contribution in [0.3, 0.4) is 0 Å². The minimum absolute atomic E-state index is 0.0209. The molecule has 1 unspecified atom stereocenters. The van der Waals surface area contributed by atoms with Crippen molar-refractivity contribution in [2.75, 3.05) is 0 Å². The van der Waals surface area contributed by atoms with Crippen molar-refractivity contribution in [1.82, 2.24) is 15.5 Å². The predicted molar refractivity (Wildman–Crippen MR) is 45.7 cm³/mol. The van der Waals surface area contributed by atoms with Gasteiger partial charge in [-0.3, -0.25) is 9.89 Å². The maximum atomic E-state index is 11.3. The number of nitrogens with zero attached hydrogens (tertiary/aromatic N) is 1. The summed E-state index contributed by atoms with van der Waals surface area (Å²) >= 11 is 0. The number of hydrogen-bond acceptors (Lipinski definition) is 2. The van der Waals surface area contributed by atoms with Crippen LogP contribution >= 0.6 is 0 Å². The Bertz CT molecular complexity index is 266. The second-order valence-electron chi connectivity index (χ2n) is 2.48. The standard InChI is InChI=1S/C8H11N3O/c1-3-6(2)11-8(12)7-4-9-10-5-7/h3-6H,1H2,2H3,(H,9,10)(H,11,12). The summed E-state index contributed by atoms with van der Waals surface area (Å²) in [5.74, 6) is -0.142. The lowest BCUT2D eigenvalue weighted by Gasteiger charge is -2.06.